The first-order chi connectivity index (χ1) is 10.9. The summed E-state index contributed by atoms with van der Waals surface area (Å²) in [6, 6.07) is 1.24. The third-order valence-corrected chi connectivity index (χ3v) is 9.31. The molecule has 1 aromatic carbocycles. The molecule has 1 aliphatic carbocycles. The second-order valence-corrected chi connectivity index (χ2v) is 12.6. The number of nitro groups is 1. The van der Waals surface area contributed by atoms with Crippen LogP contribution in [-0.2, 0) is 4.43 Å². The Balaban J connectivity index is 2.16. The van der Waals surface area contributed by atoms with Gasteiger partial charge in [-0.3, -0.25) is 10.1 Å². The van der Waals surface area contributed by atoms with Gasteiger partial charge in [-0.15, -0.1) is 0 Å². The summed E-state index contributed by atoms with van der Waals surface area (Å²) in [4.78, 5) is 10.1. The summed E-state index contributed by atoms with van der Waals surface area (Å²) >= 11 is 0. The minimum absolute atomic E-state index is 0.00964. The standard InChI is InChI=1S/C16H23F2NO4Si/c1-15(2,3)24(4,5)23-16(6-7-16)10-22-14-12(18)8-11(17)9-13(14)19(20)21/h8-9H,6-7,10H2,1-5H3. The highest BCUT2D eigenvalue weighted by Gasteiger charge is 2.52. The highest BCUT2D eigenvalue weighted by Crippen LogP contribution is 2.48. The lowest BCUT2D eigenvalue weighted by Gasteiger charge is -2.39. The Morgan fingerprint density at radius 3 is 2.33 bits per heavy atom. The van der Waals surface area contributed by atoms with E-state index in [-0.39, 0.29) is 11.6 Å². The largest absolute Gasteiger partial charge is 0.482 e. The molecule has 0 radical (unpaired) electrons. The van der Waals surface area contributed by atoms with Crippen LogP contribution in [0.15, 0.2) is 12.1 Å². The van der Waals surface area contributed by atoms with Crippen molar-refractivity contribution in [2.45, 2.75) is 57.3 Å². The molecule has 0 unspecified atom stereocenters. The Labute approximate surface area is 141 Å². The Kier molecular flexibility index (Phi) is 4.75. The van der Waals surface area contributed by atoms with Crippen LogP contribution in [0.3, 0.4) is 0 Å². The Hall–Kier alpha value is -1.54. The van der Waals surface area contributed by atoms with E-state index in [0.29, 0.717) is 12.1 Å². The van der Waals surface area contributed by atoms with Crippen LogP contribution in [0.25, 0.3) is 0 Å². The SMILES string of the molecule is CC(C)(C)[Si](C)(C)OC1(COc2c(F)cc(F)cc2[N+](=O)[O-])CC1. The van der Waals surface area contributed by atoms with Crippen LogP contribution in [0.5, 0.6) is 5.75 Å². The summed E-state index contributed by atoms with van der Waals surface area (Å²) in [6.07, 6.45) is 1.52. The van der Waals surface area contributed by atoms with Gasteiger partial charge >= 0.3 is 5.69 Å². The Morgan fingerprint density at radius 2 is 1.88 bits per heavy atom. The van der Waals surface area contributed by atoms with Gasteiger partial charge in [0.1, 0.15) is 12.4 Å². The first kappa shape index (κ1) is 18.8. The van der Waals surface area contributed by atoms with Gasteiger partial charge in [0.25, 0.3) is 0 Å². The molecule has 0 aliphatic heterocycles. The number of benzene rings is 1. The van der Waals surface area contributed by atoms with Crippen LogP contribution in [0.1, 0.15) is 33.6 Å². The summed E-state index contributed by atoms with van der Waals surface area (Å²) in [5, 5.41) is 11.0. The number of nitro benzene ring substituents is 1. The number of hydrogen-bond donors (Lipinski definition) is 0. The first-order valence-electron chi connectivity index (χ1n) is 7.83. The minimum atomic E-state index is -2.04. The molecule has 0 heterocycles. The van der Waals surface area contributed by atoms with E-state index < -0.39 is 41.9 Å². The molecule has 0 amide bonds. The summed E-state index contributed by atoms with van der Waals surface area (Å²) in [5.74, 6) is -2.62. The van der Waals surface area contributed by atoms with Gasteiger partial charge in [-0.1, -0.05) is 20.8 Å². The van der Waals surface area contributed by atoms with E-state index in [1.54, 1.807) is 0 Å². The normalized spacial score (nSPS) is 16.8. The van der Waals surface area contributed by atoms with Gasteiger partial charge in [0.15, 0.2) is 14.1 Å². The molecule has 1 saturated carbocycles. The van der Waals surface area contributed by atoms with E-state index in [4.69, 9.17) is 9.16 Å². The molecule has 1 aromatic rings. The van der Waals surface area contributed by atoms with Crippen LogP contribution in [0, 0.1) is 21.7 Å². The maximum atomic E-state index is 13.9. The van der Waals surface area contributed by atoms with Gasteiger partial charge in [0.05, 0.1) is 16.6 Å². The summed E-state index contributed by atoms with van der Waals surface area (Å²) in [7, 11) is -2.04. The van der Waals surface area contributed by atoms with Crippen LogP contribution < -0.4 is 4.74 Å². The zero-order valence-corrected chi connectivity index (χ0v) is 15.6. The number of hydrogen-bond acceptors (Lipinski definition) is 4. The Bertz CT molecular complexity index is 654. The van der Waals surface area contributed by atoms with Gasteiger partial charge in [0.2, 0.25) is 5.75 Å². The quantitative estimate of drug-likeness (QED) is 0.415. The second-order valence-electron chi connectivity index (χ2n) is 7.83. The molecule has 1 aliphatic rings. The van der Waals surface area contributed by atoms with Crippen LogP contribution in [0.2, 0.25) is 18.1 Å². The average molecular weight is 359 g/mol. The van der Waals surface area contributed by atoms with Gasteiger partial charge in [-0.2, -0.15) is 0 Å². The van der Waals surface area contributed by atoms with Crippen molar-refractivity contribution in [3.8, 4) is 5.75 Å². The second kappa shape index (κ2) is 6.07. The number of halogens is 2. The van der Waals surface area contributed by atoms with Crippen molar-refractivity contribution in [3.05, 3.63) is 33.9 Å². The van der Waals surface area contributed by atoms with E-state index in [9.17, 15) is 18.9 Å². The maximum absolute atomic E-state index is 13.9. The fourth-order valence-corrected chi connectivity index (χ4v) is 3.79. The fourth-order valence-electron chi connectivity index (χ4n) is 2.14. The first-order valence-corrected chi connectivity index (χ1v) is 10.7. The van der Waals surface area contributed by atoms with E-state index >= 15 is 0 Å². The van der Waals surface area contributed by atoms with Crippen molar-refractivity contribution in [3.63, 3.8) is 0 Å². The lowest BCUT2D eigenvalue weighted by Crippen LogP contribution is -2.46. The molecule has 5 nitrogen and oxygen atoms in total. The number of rotatable bonds is 6. The summed E-state index contributed by atoms with van der Waals surface area (Å²) < 4.78 is 38.8. The highest BCUT2D eigenvalue weighted by molar-refractivity contribution is 6.74. The van der Waals surface area contributed by atoms with E-state index in [2.05, 4.69) is 33.9 Å². The van der Waals surface area contributed by atoms with Crippen LogP contribution >= 0.6 is 0 Å². The van der Waals surface area contributed by atoms with Crippen molar-refractivity contribution in [1.82, 2.24) is 0 Å². The maximum Gasteiger partial charge on any atom is 0.316 e. The van der Waals surface area contributed by atoms with Gasteiger partial charge in [-0.25, -0.2) is 8.78 Å². The van der Waals surface area contributed by atoms with Gasteiger partial charge in [-0.05, 0) is 31.0 Å². The zero-order chi connectivity index (χ0) is 18.3. The van der Waals surface area contributed by atoms with E-state index in [0.717, 1.165) is 12.8 Å². The molecule has 1 fully saturated rings. The fraction of sp³-hybridized carbons (Fsp3) is 0.625. The lowest BCUT2D eigenvalue weighted by atomic mass is 10.2. The molecule has 0 bridgehead atoms. The van der Waals surface area contributed by atoms with Crippen molar-refractivity contribution in [2.75, 3.05) is 6.61 Å². The smallest absolute Gasteiger partial charge is 0.316 e. The third-order valence-electron chi connectivity index (χ3n) is 4.75. The summed E-state index contributed by atoms with van der Waals surface area (Å²) in [6.45, 7) is 10.6. The minimum Gasteiger partial charge on any atom is -0.482 e. The monoisotopic (exact) mass is 359 g/mol. The topological polar surface area (TPSA) is 61.6 Å². The van der Waals surface area contributed by atoms with Crippen LogP contribution in [0.4, 0.5) is 14.5 Å². The van der Waals surface area contributed by atoms with Crippen LogP contribution in [-0.4, -0.2) is 25.4 Å². The number of ether oxygens (including phenoxy) is 1. The molecule has 134 valence electrons. The molecule has 0 saturated heterocycles. The molecule has 0 aromatic heterocycles. The number of nitrogens with zero attached hydrogens (tertiary/aromatic N) is 1. The average Bonchev–Trinajstić information content (AvgIpc) is 3.14. The van der Waals surface area contributed by atoms with Crippen molar-refractivity contribution in [2.24, 2.45) is 0 Å². The summed E-state index contributed by atoms with van der Waals surface area (Å²) in [5.41, 5.74) is -1.24. The van der Waals surface area contributed by atoms with Crippen molar-refractivity contribution < 1.29 is 22.9 Å². The third kappa shape index (κ3) is 3.92. The van der Waals surface area contributed by atoms with E-state index in [1.165, 1.54) is 0 Å². The molecule has 0 atom stereocenters. The molecular formula is C16H23F2NO4Si. The van der Waals surface area contributed by atoms with Crippen molar-refractivity contribution in [1.29, 1.82) is 0 Å². The Morgan fingerprint density at radius 1 is 1.29 bits per heavy atom. The van der Waals surface area contributed by atoms with Gasteiger partial charge in [0, 0.05) is 6.07 Å². The molecular weight excluding hydrogens is 336 g/mol. The highest BCUT2D eigenvalue weighted by atomic mass is 28.4. The predicted molar refractivity (Wildman–Crippen MR) is 88.8 cm³/mol. The molecule has 0 N–H and O–H groups in total. The molecule has 8 heteroatoms. The van der Waals surface area contributed by atoms with E-state index in [1.807, 2.05) is 0 Å². The lowest BCUT2D eigenvalue weighted by molar-refractivity contribution is -0.386. The molecule has 2 rings (SSSR count). The molecule has 24 heavy (non-hydrogen) atoms. The van der Waals surface area contributed by atoms with Gasteiger partial charge < -0.3 is 9.16 Å². The predicted octanol–water partition coefficient (Wildman–Crippen LogP) is 4.81. The van der Waals surface area contributed by atoms with Crippen molar-refractivity contribution >= 4 is 14.0 Å². The zero-order valence-electron chi connectivity index (χ0n) is 14.6. The molecule has 0 spiro atoms.